The molecule has 1 aromatic rings. The lowest BCUT2D eigenvalue weighted by Gasteiger charge is -2.42. The highest BCUT2D eigenvalue weighted by Crippen LogP contribution is 2.47. The van der Waals surface area contributed by atoms with Crippen LogP contribution in [0.4, 0.5) is 0 Å². The lowest BCUT2D eigenvalue weighted by atomic mass is 9.77. The molecule has 8 nitrogen and oxygen atoms in total. The lowest BCUT2D eigenvalue weighted by Crippen LogP contribution is -2.50. The highest BCUT2D eigenvalue weighted by atomic mass is 16.6. The molecule has 3 rings (SSSR count). The van der Waals surface area contributed by atoms with Gasteiger partial charge in [0.25, 0.3) is 0 Å². The Balaban J connectivity index is 1.69. The molecule has 1 aromatic carbocycles. The lowest BCUT2D eigenvalue weighted by molar-refractivity contribution is -0.202. The maximum atomic E-state index is 13.8. The van der Waals surface area contributed by atoms with E-state index < -0.39 is 29.7 Å². The number of aliphatic hydroxyl groups is 2. The number of aryl methyl sites for hydroxylation is 2. The van der Waals surface area contributed by atoms with Crippen LogP contribution < -0.4 is 0 Å². The van der Waals surface area contributed by atoms with Crippen LogP contribution in [0, 0.1) is 30.6 Å². The summed E-state index contributed by atoms with van der Waals surface area (Å²) in [6, 6.07) is 3.39. The fourth-order valence-electron chi connectivity index (χ4n) is 6.93. The number of ketones is 1. The Morgan fingerprint density at radius 2 is 1.82 bits per heavy atom. The van der Waals surface area contributed by atoms with Crippen molar-refractivity contribution in [2.75, 3.05) is 0 Å². The van der Waals surface area contributed by atoms with Crippen molar-refractivity contribution in [1.82, 2.24) is 0 Å². The summed E-state index contributed by atoms with van der Waals surface area (Å²) in [4.78, 5) is 25.6. The van der Waals surface area contributed by atoms with Crippen molar-refractivity contribution in [3.8, 4) is 5.75 Å². The van der Waals surface area contributed by atoms with Gasteiger partial charge in [-0.25, -0.2) is 4.79 Å². The van der Waals surface area contributed by atoms with Crippen LogP contribution >= 0.6 is 0 Å². The largest absolute Gasteiger partial charge is 0.507 e. The second-order valence-corrected chi connectivity index (χ2v) is 12.4. The predicted molar refractivity (Wildman–Crippen MR) is 152 cm³/mol. The first-order valence-corrected chi connectivity index (χ1v) is 15.1. The predicted octanol–water partition coefficient (Wildman–Crippen LogP) is 5.06. The third kappa shape index (κ3) is 6.56. The molecule has 2 saturated heterocycles. The zero-order valence-corrected chi connectivity index (χ0v) is 25.2. The number of carbonyl (C=O) groups is 2. The molecular weight excluding hydrogens is 512 g/mol. The highest BCUT2D eigenvalue weighted by Gasteiger charge is 2.53. The quantitative estimate of drug-likeness (QED) is 0.278. The van der Waals surface area contributed by atoms with E-state index in [0.717, 1.165) is 19.3 Å². The molecule has 10 atom stereocenters. The Kier molecular flexibility index (Phi) is 10.8. The Morgan fingerprint density at radius 3 is 2.40 bits per heavy atom. The third-order valence-corrected chi connectivity index (χ3v) is 9.72. The monoisotopic (exact) mass is 562 g/mol. The molecule has 2 aliphatic rings. The molecule has 4 N–H and O–H groups in total. The van der Waals surface area contributed by atoms with E-state index in [1.165, 1.54) is 0 Å². The van der Waals surface area contributed by atoms with Gasteiger partial charge in [-0.15, -0.1) is 0 Å². The van der Waals surface area contributed by atoms with Crippen molar-refractivity contribution >= 4 is 11.8 Å². The molecule has 0 spiro atoms. The van der Waals surface area contributed by atoms with Gasteiger partial charge in [-0.2, -0.15) is 0 Å². The van der Waals surface area contributed by atoms with Crippen LogP contribution in [0.3, 0.4) is 0 Å². The summed E-state index contributed by atoms with van der Waals surface area (Å²) in [5.41, 5.74) is 0.407. The van der Waals surface area contributed by atoms with Crippen molar-refractivity contribution in [3.63, 3.8) is 0 Å². The summed E-state index contributed by atoms with van der Waals surface area (Å²) in [6.45, 7) is 13.4. The SMILES string of the molecule is CC[C@@H](C(=O)[C@@H](C)C(O)[C@H](C)CCc1ccc(C)c(O)c1C(=O)O)[C@H]1O[C@](CC)([C@H]2CC[C@@H](O)[C@H](C)O2)C[C@@H]1C. The molecule has 0 aliphatic carbocycles. The first-order chi connectivity index (χ1) is 18.8. The zero-order valence-electron chi connectivity index (χ0n) is 25.2. The molecule has 0 bridgehead atoms. The topological polar surface area (TPSA) is 134 Å². The molecule has 0 amide bonds. The highest BCUT2D eigenvalue weighted by molar-refractivity contribution is 5.93. The van der Waals surface area contributed by atoms with Crippen LogP contribution in [0.5, 0.6) is 5.75 Å². The van der Waals surface area contributed by atoms with Crippen molar-refractivity contribution in [2.24, 2.45) is 23.7 Å². The van der Waals surface area contributed by atoms with E-state index in [2.05, 4.69) is 13.8 Å². The zero-order chi connectivity index (χ0) is 29.9. The molecule has 2 heterocycles. The Morgan fingerprint density at radius 1 is 1.15 bits per heavy atom. The molecule has 40 heavy (non-hydrogen) atoms. The minimum absolute atomic E-state index is 0.0156. The summed E-state index contributed by atoms with van der Waals surface area (Å²) >= 11 is 0. The molecule has 0 saturated carbocycles. The van der Waals surface area contributed by atoms with E-state index in [1.54, 1.807) is 26.0 Å². The molecule has 1 unspecified atom stereocenters. The van der Waals surface area contributed by atoms with Crippen LogP contribution in [0.2, 0.25) is 0 Å². The Labute approximate surface area is 239 Å². The number of carboxylic acids is 1. The van der Waals surface area contributed by atoms with Gasteiger partial charge in [0.1, 0.15) is 17.1 Å². The van der Waals surface area contributed by atoms with Crippen molar-refractivity contribution in [2.45, 2.75) is 130 Å². The minimum atomic E-state index is -1.18. The van der Waals surface area contributed by atoms with Crippen LogP contribution in [0.1, 0.15) is 102 Å². The smallest absolute Gasteiger partial charge is 0.339 e. The maximum Gasteiger partial charge on any atom is 0.339 e. The number of rotatable bonds is 12. The van der Waals surface area contributed by atoms with Gasteiger partial charge in [0, 0.05) is 11.8 Å². The summed E-state index contributed by atoms with van der Waals surface area (Å²) in [7, 11) is 0. The van der Waals surface area contributed by atoms with Crippen molar-refractivity contribution < 1.29 is 39.5 Å². The van der Waals surface area contributed by atoms with Crippen LogP contribution in [0.25, 0.3) is 0 Å². The Hall–Kier alpha value is -2.00. The van der Waals surface area contributed by atoms with Crippen LogP contribution in [-0.2, 0) is 20.7 Å². The third-order valence-electron chi connectivity index (χ3n) is 9.72. The molecule has 8 heteroatoms. The average Bonchev–Trinajstić information content (AvgIpc) is 3.26. The van der Waals surface area contributed by atoms with Gasteiger partial charge in [-0.3, -0.25) is 4.79 Å². The van der Waals surface area contributed by atoms with E-state index in [-0.39, 0.29) is 53.2 Å². The molecule has 2 aliphatic heterocycles. The van der Waals surface area contributed by atoms with Crippen molar-refractivity contribution in [3.05, 3.63) is 28.8 Å². The second-order valence-electron chi connectivity index (χ2n) is 12.4. The van der Waals surface area contributed by atoms with Gasteiger partial charge < -0.3 is 29.9 Å². The standard InChI is InChI=1S/C32H50O8/c1-8-23(30-19(5)16-32(9-2,40-30)25-15-14-24(33)21(7)39-25)29(36)20(6)27(34)17(3)10-12-22-13-11-18(4)28(35)26(22)31(37)38/h11,13,17,19-21,23-25,27,30,33-35H,8-10,12,14-16H2,1-7H3,(H,37,38)/t17-,19+,20+,21+,23+,24-,25-,27?,30+,32+/m1/s1. The fourth-order valence-corrected chi connectivity index (χ4v) is 6.93. The van der Waals surface area contributed by atoms with Crippen LogP contribution in [-0.4, -0.2) is 68.3 Å². The number of hydrogen-bond donors (Lipinski definition) is 4. The number of ether oxygens (including phenoxy) is 2. The average molecular weight is 563 g/mol. The molecule has 226 valence electrons. The number of carbonyl (C=O) groups excluding carboxylic acids is 1. The second kappa shape index (κ2) is 13.3. The number of Topliss-reactive ketones (excluding diaryl/α,β-unsaturated/α-hetero) is 1. The van der Waals surface area contributed by atoms with Crippen molar-refractivity contribution in [1.29, 1.82) is 0 Å². The number of aromatic hydroxyl groups is 1. The molecule has 0 radical (unpaired) electrons. The normalized spacial score (nSPS) is 31.9. The van der Waals surface area contributed by atoms with E-state index in [1.807, 2.05) is 20.8 Å². The number of hydrogen-bond acceptors (Lipinski definition) is 7. The van der Waals surface area contributed by atoms with Gasteiger partial charge in [-0.1, -0.05) is 46.8 Å². The fraction of sp³-hybridized carbons (Fsp3) is 0.750. The number of carboxylic acid groups (broad SMARTS) is 1. The van der Waals surface area contributed by atoms with E-state index in [4.69, 9.17) is 9.47 Å². The minimum Gasteiger partial charge on any atom is -0.507 e. The first-order valence-electron chi connectivity index (χ1n) is 15.1. The van der Waals surface area contributed by atoms with E-state index in [0.29, 0.717) is 36.8 Å². The summed E-state index contributed by atoms with van der Waals surface area (Å²) in [5.74, 6) is -2.52. The summed E-state index contributed by atoms with van der Waals surface area (Å²) < 4.78 is 13.0. The summed E-state index contributed by atoms with van der Waals surface area (Å²) in [5, 5.41) is 41.2. The molecule has 0 aromatic heterocycles. The number of benzene rings is 1. The van der Waals surface area contributed by atoms with Gasteiger partial charge in [0.15, 0.2) is 0 Å². The van der Waals surface area contributed by atoms with Gasteiger partial charge in [-0.05, 0) is 81.8 Å². The number of aromatic carboxylic acids is 1. The Bertz CT molecular complexity index is 1040. The maximum absolute atomic E-state index is 13.8. The summed E-state index contributed by atoms with van der Waals surface area (Å²) in [6.07, 6.45) is 2.34. The molecule has 2 fully saturated rings. The number of aliphatic hydroxyl groups excluding tert-OH is 2. The molecular formula is C32H50O8. The van der Waals surface area contributed by atoms with E-state index in [9.17, 15) is 30.0 Å². The van der Waals surface area contributed by atoms with Gasteiger partial charge >= 0.3 is 5.97 Å². The first kappa shape index (κ1) is 32.5. The number of phenols is 1. The van der Waals surface area contributed by atoms with Gasteiger partial charge in [0.2, 0.25) is 0 Å². The van der Waals surface area contributed by atoms with E-state index >= 15 is 0 Å². The van der Waals surface area contributed by atoms with Gasteiger partial charge in [0.05, 0.1) is 36.1 Å². The van der Waals surface area contributed by atoms with Crippen LogP contribution in [0.15, 0.2) is 12.1 Å².